The molecule has 0 unspecified atom stereocenters. The van der Waals surface area contributed by atoms with E-state index in [0.29, 0.717) is 28.8 Å². The number of nitrogens with zero attached hydrogens (tertiary/aromatic N) is 4. The van der Waals surface area contributed by atoms with Gasteiger partial charge in [0.05, 0.1) is 11.8 Å². The zero-order chi connectivity index (χ0) is 21.4. The molecule has 31 heavy (non-hydrogen) atoms. The summed E-state index contributed by atoms with van der Waals surface area (Å²) in [5, 5.41) is 4.24. The van der Waals surface area contributed by atoms with Crippen molar-refractivity contribution in [2.75, 3.05) is 19.6 Å². The third-order valence-electron chi connectivity index (χ3n) is 6.62. The zero-order valence-electron chi connectivity index (χ0n) is 18.3. The highest BCUT2D eigenvalue weighted by Gasteiger charge is 2.36. The largest absolute Gasteiger partial charge is 0.358 e. The predicted octanol–water partition coefficient (Wildman–Crippen LogP) is 3.36. The number of aromatic amines is 1. The van der Waals surface area contributed by atoms with Gasteiger partial charge in [-0.25, -0.2) is 5.43 Å². The molecular formula is C24H30N6O. The summed E-state index contributed by atoms with van der Waals surface area (Å²) in [6.45, 7) is 7.69. The molecule has 1 amide bonds. The van der Waals surface area contributed by atoms with Crippen LogP contribution in [0.5, 0.6) is 0 Å². The van der Waals surface area contributed by atoms with Gasteiger partial charge in [-0.2, -0.15) is 5.10 Å². The fraction of sp³-hybridized carbons (Fsp3) is 0.500. The minimum absolute atomic E-state index is 0.185. The van der Waals surface area contributed by atoms with Crippen LogP contribution in [0.25, 0.3) is 6.08 Å². The molecule has 0 saturated heterocycles. The van der Waals surface area contributed by atoms with Gasteiger partial charge in [-0.3, -0.25) is 14.8 Å². The first-order chi connectivity index (χ1) is 15.2. The Kier molecular flexibility index (Phi) is 5.44. The Hall–Kier alpha value is -2.80. The van der Waals surface area contributed by atoms with Gasteiger partial charge in [-0.1, -0.05) is 13.8 Å². The summed E-state index contributed by atoms with van der Waals surface area (Å²) in [4.78, 5) is 27.3. The van der Waals surface area contributed by atoms with Crippen LogP contribution in [-0.4, -0.2) is 51.1 Å². The zero-order valence-corrected chi connectivity index (χ0v) is 18.3. The summed E-state index contributed by atoms with van der Waals surface area (Å²) < 4.78 is 0. The van der Waals surface area contributed by atoms with E-state index in [2.05, 4.69) is 44.2 Å². The van der Waals surface area contributed by atoms with Gasteiger partial charge in [-0.15, -0.1) is 0 Å². The first kappa shape index (κ1) is 20.1. The van der Waals surface area contributed by atoms with Gasteiger partial charge in [0.15, 0.2) is 0 Å². The number of nitrogens with one attached hydrogen (secondary N) is 2. The molecule has 0 bridgehead atoms. The van der Waals surface area contributed by atoms with Crippen molar-refractivity contribution < 1.29 is 4.79 Å². The Morgan fingerprint density at radius 2 is 1.90 bits per heavy atom. The molecule has 0 spiro atoms. The van der Waals surface area contributed by atoms with Crippen LogP contribution >= 0.6 is 0 Å². The number of hydrogen-bond donors (Lipinski definition) is 2. The molecule has 1 aliphatic heterocycles. The Bertz CT molecular complexity index is 1030. The summed E-state index contributed by atoms with van der Waals surface area (Å²) >= 11 is 0. The average molecular weight is 419 g/mol. The molecule has 2 aliphatic carbocycles. The highest BCUT2D eigenvalue weighted by molar-refractivity contribution is 6.32. The number of aromatic nitrogens is 3. The van der Waals surface area contributed by atoms with Crippen molar-refractivity contribution in [1.29, 1.82) is 0 Å². The molecule has 2 aromatic heterocycles. The average Bonchev–Trinajstić information content (AvgIpc) is 3.73. The molecular weight excluding hydrogens is 388 g/mol. The maximum atomic E-state index is 12.6. The number of carbonyl (C=O) groups is 1. The lowest BCUT2D eigenvalue weighted by Gasteiger charge is -2.18. The van der Waals surface area contributed by atoms with E-state index in [1.807, 2.05) is 6.08 Å². The van der Waals surface area contributed by atoms with Crippen LogP contribution in [0.3, 0.4) is 0 Å². The monoisotopic (exact) mass is 418 g/mol. The number of amides is 1. The SMILES string of the molecule is CCN(CC)CCc1c(C2CC2)[nH]c(C=C2C(=O)NN=C2c2cnccn2)c1C1CC1. The van der Waals surface area contributed by atoms with Crippen LogP contribution in [-0.2, 0) is 11.2 Å². The van der Waals surface area contributed by atoms with E-state index in [0.717, 1.165) is 31.7 Å². The van der Waals surface area contributed by atoms with Gasteiger partial charge in [0.25, 0.3) is 5.91 Å². The second-order valence-electron chi connectivity index (χ2n) is 8.72. The van der Waals surface area contributed by atoms with Crippen molar-refractivity contribution in [3.8, 4) is 0 Å². The Morgan fingerprint density at radius 3 is 2.55 bits per heavy atom. The summed E-state index contributed by atoms with van der Waals surface area (Å²) in [5.74, 6) is 1.06. The van der Waals surface area contributed by atoms with Gasteiger partial charge in [-0.05, 0) is 74.2 Å². The highest BCUT2D eigenvalue weighted by Crippen LogP contribution is 2.49. The van der Waals surface area contributed by atoms with Crippen molar-refractivity contribution in [3.63, 3.8) is 0 Å². The maximum absolute atomic E-state index is 12.6. The van der Waals surface area contributed by atoms with E-state index < -0.39 is 0 Å². The summed E-state index contributed by atoms with van der Waals surface area (Å²) in [7, 11) is 0. The van der Waals surface area contributed by atoms with Crippen LogP contribution in [0.15, 0.2) is 29.3 Å². The number of hydrazone groups is 1. The highest BCUT2D eigenvalue weighted by atomic mass is 16.2. The lowest BCUT2D eigenvalue weighted by molar-refractivity contribution is -0.116. The van der Waals surface area contributed by atoms with E-state index in [9.17, 15) is 4.79 Å². The molecule has 0 radical (unpaired) electrons. The van der Waals surface area contributed by atoms with Crippen molar-refractivity contribution in [3.05, 3.63) is 52.4 Å². The Balaban J connectivity index is 1.54. The number of hydrogen-bond acceptors (Lipinski definition) is 5. The molecule has 0 aromatic carbocycles. The smallest absolute Gasteiger partial charge is 0.273 e. The van der Waals surface area contributed by atoms with E-state index in [-0.39, 0.29) is 5.91 Å². The lowest BCUT2D eigenvalue weighted by atomic mass is 9.97. The van der Waals surface area contributed by atoms with Gasteiger partial charge in [0, 0.05) is 30.3 Å². The number of rotatable bonds is 9. The van der Waals surface area contributed by atoms with Crippen molar-refractivity contribution in [2.24, 2.45) is 5.10 Å². The van der Waals surface area contributed by atoms with Crippen LogP contribution in [0.2, 0.25) is 0 Å². The normalized spacial score (nSPS) is 19.9. The molecule has 5 rings (SSSR count). The van der Waals surface area contributed by atoms with Gasteiger partial charge < -0.3 is 9.88 Å². The number of carbonyl (C=O) groups excluding carboxylic acids is 1. The van der Waals surface area contributed by atoms with E-state index in [1.54, 1.807) is 18.6 Å². The molecule has 0 atom stereocenters. The number of likely N-dealkylation sites (N-methyl/N-ethyl adjacent to an activating group) is 1. The number of H-pyrrole nitrogens is 1. The van der Waals surface area contributed by atoms with Crippen LogP contribution in [0.4, 0.5) is 0 Å². The summed E-state index contributed by atoms with van der Waals surface area (Å²) in [6.07, 6.45) is 12.9. The predicted molar refractivity (Wildman–Crippen MR) is 121 cm³/mol. The first-order valence-electron chi connectivity index (χ1n) is 11.5. The van der Waals surface area contributed by atoms with Gasteiger partial charge in [0.2, 0.25) is 0 Å². The quantitative estimate of drug-likeness (QED) is 0.612. The van der Waals surface area contributed by atoms with Crippen molar-refractivity contribution >= 4 is 17.7 Å². The first-order valence-corrected chi connectivity index (χ1v) is 11.5. The summed E-state index contributed by atoms with van der Waals surface area (Å²) in [6, 6.07) is 0. The minimum atomic E-state index is -0.185. The minimum Gasteiger partial charge on any atom is -0.358 e. The van der Waals surface area contributed by atoms with Crippen molar-refractivity contribution in [1.82, 2.24) is 25.3 Å². The third kappa shape index (κ3) is 4.06. The molecule has 2 N–H and O–H groups in total. The maximum Gasteiger partial charge on any atom is 0.273 e. The third-order valence-corrected chi connectivity index (χ3v) is 6.62. The fourth-order valence-corrected chi connectivity index (χ4v) is 4.58. The van der Waals surface area contributed by atoms with Gasteiger partial charge >= 0.3 is 0 Å². The standard InChI is InChI=1S/C24H30N6O/c1-3-30(4-2)12-9-17-21(15-5-6-15)19(27-22(17)16-7-8-16)13-18-23(28-29-24(18)31)20-14-25-10-11-26-20/h10-11,13-16,27H,3-9,12H2,1-2H3,(H,29,31). The molecule has 3 aliphatic rings. The molecule has 2 saturated carbocycles. The molecule has 3 heterocycles. The Labute approximate surface area is 183 Å². The van der Waals surface area contributed by atoms with E-state index in [1.165, 1.54) is 42.5 Å². The topological polar surface area (TPSA) is 86.3 Å². The molecule has 2 fully saturated rings. The van der Waals surface area contributed by atoms with Crippen molar-refractivity contribution in [2.45, 2.75) is 57.8 Å². The van der Waals surface area contributed by atoms with Crippen LogP contribution in [0.1, 0.15) is 79.6 Å². The van der Waals surface area contributed by atoms with E-state index in [4.69, 9.17) is 0 Å². The Morgan fingerprint density at radius 1 is 1.13 bits per heavy atom. The van der Waals surface area contributed by atoms with E-state index >= 15 is 0 Å². The van der Waals surface area contributed by atoms with Gasteiger partial charge in [0.1, 0.15) is 11.4 Å². The second kappa shape index (κ2) is 8.38. The molecule has 7 heteroatoms. The van der Waals surface area contributed by atoms with Crippen LogP contribution < -0.4 is 5.43 Å². The summed E-state index contributed by atoms with van der Waals surface area (Å²) in [5.41, 5.74) is 9.75. The molecule has 7 nitrogen and oxygen atoms in total. The molecule has 162 valence electrons. The second-order valence-corrected chi connectivity index (χ2v) is 8.72. The fourth-order valence-electron chi connectivity index (χ4n) is 4.58. The molecule has 2 aromatic rings. The van der Waals surface area contributed by atoms with Crippen LogP contribution in [0, 0.1) is 0 Å². The lowest BCUT2D eigenvalue weighted by Crippen LogP contribution is -2.25.